The fraction of sp³-hybridized carbons (Fsp3) is 0.941. The molecule has 0 spiro atoms. The largest absolute Gasteiger partial charge is 0.385 e. The lowest BCUT2D eigenvalue weighted by Gasteiger charge is -2.32. The number of methoxy groups -OCH3 is 1. The average Bonchev–Trinajstić information content (AvgIpc) is 3.18. The van der Waals surface area contributed by atoms with Gasteiger partial charge >= 0.3 is 0 Å². The normalized spacial score (nSPS) is 24.7. The molecule has 5 nitrogen and oxygen atoms in total. The fourth-order valence-corrected chi connectivity index (χ4v) is 3.81. The Morgan fingerprint density at radius 2 is 2.18 bits per heavy atom. The van der Waals surface area contributed by atoms with Gasteiger partial charge in [0.2, 0.25) is 0 Å². The first-order chi connectivity index (χ1) is 10.7. The fourth-order valence-electron chi connectivity index (χ4n) is 3.81. The molecule has 0 aromatic rings. The van der Waals surface area contributed by atoms with Crippen molar-refractivity contribution >= 4 is 5.96 Å². The first-order valence-electron chi connectivity index (χ1n) is 8.67. The van der Waals surface area contributed by atoms with Crippen LogP contribution in [0.2, 0.25) is 0 Å². The molecule has 1 aliphatic heterocycles. The third-order valence-electron chi connectivity index (χ3n) is 5.25. The molecule has 1 saturated heterocycles. The Kier molecular flexibility index (Phi) is 6.96. The number of rotatable bonds is 7. The maximum atomic E-state index is 5.47. The minimum atomic E-state index is 0.392. The van der Waals surface area contributed by atoms with E-state index in [1.54, 1.807) is 7.11 Å². The van der Waals surface area contributed by atoms with Crippen LogP contribution in [0.3, 0.4) is 0 Å². The maximum Gasteiger partial charge on any atom is 0.193 e. The quantitative estimate of drug-likeness (QED) is 0.578. The number of hydrogen-bond acceptors (Lipinski definition) is 3. The van der Waals surface area contributed by atoms with Gasteiger partial charge in [-0.15, -0.1) is 0 Å². The van der Waals surface area contributed by atoms with Crippen LogP contribution in [-0.2, 0) is 9.47 Å². The first-order valence-corrected chi connectivity index (χ1v) is 8.67. The highest BCUT2D eigenvalue weighted by atomic mass is 16.5. The zero-order valence-corrected chi connectivity index (χ0v) is 14.6. The molecule has 1 heterocycles. The Morgan fingerprint density at radius 1 is 1.41 bits per heavy atom. The van der Waals surface area contributed by atoms with Crippen molar-refractivity contribution in [3.63, 3.8) is 0 Å². The van der Waals surface area contributed by atoms with Crippen LogP contribution >= 0.6 is 0 Å². The van der Waals surface area contributed by atoms with E-state index in [0.29, 0.717) is 11.3 Å². The highest BCUT2D eigenvalue weighted by molar-refractivity contribution is 5.79. The molecule has 2 rings (SSSR count). The van der Waals surface area contributed by atoms with Crippen LogP contribution in [0.1, 0.15) is 38.5 Å². The van der Waals surface area contributed by atoms with Gasteiger partial charge in [0.1, 0.15) is 0 Å². The summed E-state index contributed by atoms with van der Waals surface area (Å²) in [7, 11) is 5.80. The van der Waals surface area contributed by atoms with Gasteiger partial charge in [-0.1, -0.05) is 12.8 Å². The Hall–Kier alpha value is -0.810. The molecule has 1 aliphatic carbocycles. The van der Waals surface area contributed by atoms with Gasteiger partial charge in [0.15, 0.2) is 5.96 Å². The second-order valence-electron chi connectivity index (χ2n) is 6.96. The molecule has 1 N–H and O–H groups in total. The van der Waals surface area contributed by atoms with Gasteiger partial charge in [-0.2, -0.15) is 0 Å². The summed E-state index contributed by atoms with van der Waals surface area (Å²) >= 11 is 0. The third kappa shape index (κ3) is 4.85. The molecule has 2 fully saturated rings. The predicted octanol–water partition coefficient (Wildman–Crippen LogP) is 2.13. The first kappa shape index (κ1) is 17.5. The molecular weight excluding hydrogens is 278 g/mol. The molecule has 0 bridgehead atoms. The van der Waals surface area contributed by atoms with Crippen LogP contribution < -0.4 is 5.32 Å². The van der Waals surface area contributed by atoms with E-state index in [-0.39, 0.29) is 0 Å². The summed E-state index contributed by atoms with van der Waals surface area (Å²) in [5.41, 5.74) is 0.392. The number of guanidine groups is 1. The average molecular weight is 311 g/mol. The lowest BCUT2D eigenvalue weighted by atomic mass is 9.83. The third-order valence-corrected chi connectivity index (χ3v) is 5.25. The van der Waals surface area contributed by atoms with Gasteiger partial charge in [0.05, 0.1) is 6.61 Å². The molecule has 0 aromatic heterocycles. The van der Waals surface area contributed by atoms with Crippen molar-refractivity contribution in [2.45, 2.75) is 38.5 Å². The van der Waals surface area contributed by atoms with Crippen molar-refractivity contribution in [1.82, 2.24) is 10.2 Å². The van der Waals surface area contributed by atoms with E-state index in [9.17, 15) is 0 Å². The standard InChI is InChI=1S/C17H33N3O2/c1-18-16(20(2)12-15-6-10-22-13-15)19-14-17(9-11-21-3)7-4-5-8-17/h15H,4-14H2,1-3H3,(H,18,19). The van der Waals surface area contributed by atoms with E-state index < -0.39 is 0 Å². The predicted molar refractivity (Wildman–Crippen MR) is 90.3 cm³/mol. The maximum absolute atomic E-state index is 5.47. The number of nitrogens with zero attached hydrogens (tertiary/aromatic N) is 2. The molecule has 0 radical (unpaired) electrons. The second-order valence-corrected chi connectivity index (χ2v) is 6.96. The summed E-state index contributed by atoms with van der Waals surface area (Å²) in [4.78, 5) is 6.71. The van der Waals surface area contributed by atoms with Crippen molar-refractivity contribution in [3.05, 3.63) is 0 Å². The lowest BCUT2D eigenvalue weighted by Crippen LogP contribution is -2.45. The Balaban J connectivity index is 1.83. The highest BCUT2D eigenvalue weighted by Crippen LogP contribution is 2.40. The van der Waals surface area contributed by atoms with Gasteiger partial charge in [-0.3, -0.25) is 4.99 Å². The van der Waals surface area contributed by atoms with E-state index in [1.807, 2.05) is 7.05 Å². The Labute approximate surface area is 135 Å². The second kappa shape index (κ2) is 8.73. The van der Waals surface area contributed by atoms with Crippen molar-refractivity contribution < 1.29 is 9.47 Å². The molecule has 1 unspecified atom stereocenters. The van der Waals surface area contributed by atoms with E-state index in [1.165, 1.54) is 32.1 Å². The summed E-state index contributed by atoms with van der Waals surface area (Å²) in [6.07, 6.45) is 7.62. The molecule has 2 aliphatic rings. The van der Waals surface area contributed by atoms with E-state index in [4.69, 9.17) is 9.47 Å². The van der Waals surface area contributed by atoms with Crippen LogP contribution in [0.15, 0.2) is 4.99 Å². The van der Waals surface area contributed by atoms with Crippen LogP contribution in [0.5, 0.6) is 0 Å². The zero-order chi connectivity index (χ0) is 15.8. The van der Waals surface area contributed by atoms with Crippen LogP contribution in [0, 0.1) is 11.3 Å². The molecule has 5 heteroatoms. The van der Waals surface area contributed by atoms with E-state index in [2.05, 4.69) is 22.3 Å². The number of aliphatic imine (C=N–C) groups is 1. The summed E-state index contributed by atoms with van der Waals surface area (Å²) < 4.78 is 10.8. The Morgan fingerprint density at radius 3 is 2.77 bits per heavy atom. The number of ether oxygens (including phenoxy) is 2. The minimum Gasteiger partial charge on any atom is -0.385 e. The van der Waals surface area contributed by atoms with Gasteiger partial charge in [-0.25, -0.2) is 0 Å². The molecule has 22 heavy (non-hydrogen) atoms. The summed E-state index contributed by atoms with van der Waals surface area (Å²) in [6.45, 7) is 4.68. The lowest BCUT2D eigenvalue weighted by molar-refractivity contribution is 0.137. The van der Waals surface area contributed by atoms with E-state index >= 15 is 0 Å². The minimum absolute atomic E-state index is 0.392. The summed E-state index contributed by atoms with van der Waals surface area (Å²) in [5, 5.41) is 3.61. The molecule has 1 saturated carbocycles. The summed E-state index contributed by atoms with van der Waals surface area (Å²) in [6, 6.07) is 0. The van der Waals surface area contributed by atoms with Crippen LogP contribution in [0.4, 0.5) is 0 Å². The number of hydrogen-bond donors (Lipinski definition) is 1. The SMILES string of the molecule is CN=C(NCC1(CCOC)CCCC1)N(C)CC1CCOC1. The van der Waals surface area contributed by atoms with Crippen molar-refractivity contribution in [3.8, 4) is 0 Å². The van der Waals surface area contributed by atoms with Crippen LogP contribution in [-0.4, -0.2) is 65.0 Å². The van der Waals surface area contributed by atoms with Gasteiger partial charge in [-0.05, 0) is 31.1 Å². The van der Waals surface area contributed by atoms with Gasteiger partial charge in [0.25, 0.3) is 0 Å². The molecule has 0 amide bonds. The molecule has 1 atom stereocenters. The highest BCUT2D eigenvalue weighted by Gasteiger charge is 2.33. The Bertz CT molecular complexity index is 348. The van der Waals surface area contributed by atoms with E-state index in [0.717, 1.165) is 45.3 Å². The summed E-state index contributed by atoms with van der Waals surface area (Å²) in [5.74, 6) is 1.65. The monoisotopic (exact) mass is 311 g/mol. The molecular formula is C17H33N3O2. The van der Waals surface area contributed by atoms with Crippen LogP contribution in [0.25, 0.3) is 0 Å². The molecule has 0 aromatic carbocycles. The molecule has 128 valence electrons. The van der Waals surface area contributed by atoms with Crippen molar-refractivity contribution in [1.29, 1.82) is 0 Å². The zero-order valence-electron chi connectivity index (χ0n) is 14.6. The van der Waals surface area contributed by atoms with Crippen molar-refractivity contribution in [2.75, 3.05) is 54.1 Å². The topological polar surface area (TPSA) is 46.1 Å². The van der Waals surface area contributed by atoms with Gasteiger partial charge < -0.3 is 19.7 Å². The van der Waals surface area contributed by atoms with Gasteiger partial charge in [0, 0.05) is 53.4 Å². The smallest absolute Gasteiger partial charge is 0.193 e. The van der Waals surface area contributed by atoms with Crippen molar-refractivity contribution in [2.24, 2.45) is 16.3 Å². The number of nitrogens with one attached hydrogen (secondary N) is 1.